The number of nitrogens with two attached hydrogens (primary N) is 1. The Hall–Kier alpha value is -5.75. The second-order valence-electron chi connectivity index (χ2n) is 13.2. The summed E-state index contributed by atoms with van der Waals surface area (Å²) in [7, 11) is 2.80. The van der Waals surface area contributed by atoms with Gasteiger partial charge in [0.2, 0.25) is 18.0 Å². The van der Waals surface area contributed by atoms with Crippen LogP contribution < -0.4 is 20.6 Å². The van der Waals surface area contributed by atoms with Gasteiger partial charge in [-0.25, -0.2) is 4.79 Å². The predicted molar refractivity (Wildman–Crippen MR) is 178 cm³/mol. The second kappa shape index (κ2) is 12.2. The Bertz CT molecular complexity index is 2240. The molecule has 1 aliphatic heterocycles. The molecule has 3 aliphatic carbocycles. The predicted octanol–water partition coefficient (Wildman–Crippen LogP) is 0.0481. The molecule has 4 aliphatic rings. The molecule has 52 heavy (non-hydrogen) atoms. The number of aromatic carboxylic acids is 1. The van der Waals surface area contributed by atoms with Crippen LogP contribution in [0.4, 0.5) is 0 Å². The van der Waals surface area contributed by atoms with E-state index in [4.69, 9.17) is 20.3 Å². The van der Waals surface area contributed by atoms with Crippen LogP contribution in [0.5, 0.6) is 17.2 Å². The standard InChI is InChI=1S/C22H24N2O9.C13H11NO5/c1-21(32)7-5-4-6-8(25)9(7)15(26)10-12(21)17(28)13-14(24(2)3)16(27)11(20(23)31)19(30)22(13,33)18(10)29;1-2-14-5-8(13(16)17)12(15)7-3-10-11(4-9(7)14)19-6-18-10/h4-6,12-14,17,25-26,28,30,32-33H,1-3H3,(H2,23,31);3-5H,2,6H2,1H3,(H,16,17)/t12-,13-,14+,17+,21-,22+;/m1./s1. The maximum atomic E-state index is 13.7. The van der Waals surface area contributed by atoms with Gasteiger partial charge in [0.25, 0.3) is 5.91 Å². The smallest absolute Gasteiger partial charge is 0.341 e. The van der Waals surface area contributed by atoms with Crippen molar-refractivity contribution in [3.8, 4) is 17.2 Å². The topological polar surface area (TPSA) is 280 Å². The Kier molecular flexibility index (Phi) is 8.45. The molecule has 1 aromatic heterocycles. The summed E-state index contributed by atoms with van der Waals surface area (Å²) in [5, 5.41) is 75.7. The van der Waals surface area contributed by atoms with E-state index in [-0.39, 0.29) is 23.5 Å². The van der Waals surface area contributed by atoms with Gasteiger partial charge in [-0.05, 0) is 45.6 Å². The summed E-state index contributed by atoms with van der Waals surface area (Å²) in [5.74, 6) is -9.87. The fraction of sp³-hybridized carbons (Fsp3) is 0.343. The number of primary amides is 1. The number of aliphatic hydroxyl groups is 5. The number of phenolic OH excluding ortho intramolecular Hbond substituents is 1. The van der Waals surface area contributed by atoms with E-state index in [1.165, 1.54) is 50.3 Å². The lowest BCUT2D eigenvalue weighted by atomic mass is 9.53. The molecular weight excluding hydrogens is 686 g/mol. The number of amides is 1. The van der Waals surface area contributed by atoms with Crippen LogP contribution in [0.25, 0.3) is 16.7 Å². The number of carbonyl (C=O) groups excluding carboxylic acids is 3. The zero-order chi connectivity index (χ0) is 38.4. The number of hydrogen-bond acceptors (Lipinski definition) is 14. The first-order chi connectivity index (χ1) is 24.3. The van der Waals surface area contributed by atoms with E-state index in [1.54, 1.807) is 16.7 Å². The van der Waals surface area contributed by atoms with Crippen LogP contribution in [-0.4, -0.2) is 107 Å². The molecule has 17 heteroatoms. The molecule has 2 aromatic carbocycles. The lowest BCUT2D eigenvalue weighted by molar-refractivity contribution is -0.181. The molecule has 9 N–H and O–H groups in total. The number of likely N-dealkylation sites (N-methyl/N-ethyl adjacent to an activating group) is 1. The number of hydrogen-bond donors (Lipinski definition) is 8. The third-order valence-electron chi connectivity index (χ3n) is 10.2. The summed E-state index contributed by atoms with van der Waals surface area (Å²) < 4.78 is 12.2. The summed E-state index contributed by atoms with van der Waals surface area (Å²) in [6, 6.07) is 5.74. The number of aryl methyl sites for hydroxylation is 1. The molecule has 17 nitrogen and oxygen atoms in total. The van der Waals surface area contributed by atoms with E-state index < -0.39 is 92.5 Å². The molecule has 1 saturated carbocycles. The van der Waals surface area contributed by atoms with Crippen LogP contribution in [-0.2, 0) is 26.5 Å². The quantitative estimate of drug-likeness (QED) is 0.165. The number of aromatic nitrogens is 1. The largest absolute Gasteiger partial charge is 0.508 e. The number of pyridine rings is 1. The number of ketones is 2. The van der Waals surface area contributed by atoms with E-state index in [2.05, 4.69) is 0 Å². The van der Waals surface area contributed by atoms with Gasteiger partial charge in [-0.15, -0.1) is 0 Å². The van der Waals surface area contributed by atoms with Crippen molar-refractivity contribution in [2.75, 3.05) is 20.9 Å². The summed E-state index contributed by atoms with van der Waals surface area (Å²) in [5.41, 5.74) is -1.89. The number of aromatic hydroxyl groups is 1. The van der Waals surface area contributed by atoms with Crippen molar-refractivity contribution in [2.45, 2.75) is 43.7 Å². The fourth-order valence-electron chi connectivity index (χ4n) is 7.79. The average molecular weight is 722 g/mol. The van der Waals surface area contributed by atoms with Crippen molar-refractivity contribution in [2.24, 2.45) is 17.6 Å². The van der Waals surface area contributed by atoms with Gasteiger partial charge in [0, 0.05) is 18.8 Å². The summed E-state index contributed by atoms with van der Waals surface area (Å²) >= 11 is 0. The van der Waals surface area contributed by atoms with Crippen molar-refractivity contribution in [1.82, 2.24) is 9.47 Å². The Labute approximate surface area is 293 Å². The molecule has 0 unspecified atom stereocenters. The number of ether oxygens (including phenoxy) is 2. The average Bonchev–Trinajstić information content (AvgIpc) is 3.53. The number of phenols is 1. The maximum Gasteiger partial charge on any atom is 0.341 e. The lowest BCUT2D eigenvalue weighted by Crippen LogP contribution is -2.71. The van der Waals surface area contributed by atoms with Crippen LogP contribution in [0, 0.1) is 11.8 Å². The van der Waals surface area contributed by atoms with Gasteiger partial charge in [-0.1, -0.05) is 12.1 Å². The van der Waals surface area contributed by atoms with E-state index in [0.717, 1.165) is 0 Å². The first kappa shape index (κ1) is 36.1. The van der Waals surface area contributed by atoms with Crippen LogP contribution in [0.2, 0.25) is 0 Å². The molecule has 1 amide bonds. The molecule has 3 aromatic rings. The minimum Gasteiger partial charge on any atom is -0.508 e. The number of benzene rings is 2. The highest BCUT2D eigenvalue weighted by Crippen LogP contribution is 2.57. The van der Waals surface area contributed by atoms with Crippen molar-refractivity contribution < 1.29 is 64.4 Å². The van der Waals surface area contributed by atoms with E-state index in [0.29, 0.717) is 28.9 Å². The first-order valence-corrected chi connectivity index (χ1v) is 15.9. The number of carboxylic acids is 1. The van der Waals surface area contributed by atoms with Crippen molar-refractivity contribution in [3.05, 3.63) is 80.3 Å². The highest BCUT2D eigenvalue weighted by molar-refractivity contribution is 6.24. The normalized spacial score (nSPS) is 27.5. The lowest BCUT2D eigenvalue weighted by Gasteiger charge is -2.55. The monoisotopic (exact) mass is 721 g/mol. The van der Waals surface area contributed by atoms with E-state index in [1.807, 2.05) is 6.92 Å². The molecule has 274 valence electrons. The third-order valence-corrected chi connectivity index (χ3v) is 10.2. The van der Waals surface area contributed by atoms with E-state index >= 15 is 0 Å². The number of fused-ring (bicyclic) bond motifs is 5. The highest BCUT2D eigenvalue weighted by Gasteiger charge is 2.70. The van der Waals surface area contributed by atoms with Gasteiger partial charge in [0.05, 0.1) is 51.6 Å². The van der Waals surface area contributed by atoms with Crippen LogP contribution in [0.1, 0.15) is 35.3 Å². The number of carboxylic acid groups (broad SMARTS) is 1. The summed E-state index contributed by atoms with van der Waals surface area (Å²) in [6.45, 7) is 3.79. The number of rotatable bonds is 4. The number of carbonyl (C=O) groups is 4. The number of Topliss-reactive ketones (excluding diaryl/α,β-unsaturated/α-hetero) is 2. The molecular formula is C35H35N3O14. The molecule has 0 spiro atoms. The van der Waals surface area contributed by atoms with Gasteiger partial charge >= 0.3 is 5.97 Å². The second-order valence-corrected chi connectivity index (χ2v) is 13.2. The Morgan fingerprint density at radius 3 is 2.27 bits per heavy atom. The minimum atomic E-state index is -3.02. The SMILES string of the molecule is CCn1cc(C(=O)O)c(=O)c2cc3c(cc21)OCO3.CN(C)[C@@H]1C(=O)C(C(N)=O)=C(O)[C@@]2(O)C(=O)C3=C(O)c4c(O)cccc4[C@@](C)(O)[C@H]3[C@H](O)[C@@H]12. The molecule has 0 saturated heterocycles. The van der Waals surface area contributed by atoms with Gasteiger partial charge in [0.15, 0.2) is 22.9 Å². The zero-order valence-electron chi connectivity index (χ0n) is 28.1. The molecule has 6 atom stereocenters. The minimum absolute atomic E-state index is 0.00664. The summed E-state index contributed by atoms with van der Waals surface area (Å²) in [6.07, 6.45) is -0.516. The molecule has 7 rings (SSSR count). The molecule has 2 heterocycles. The number of nitrogens with zero attached hydrogens (tertiary/aromatic N) is 2. The summed E-state index contributed by atoms with van der Waals surface area (Å²) in [4.78, 5) is 63.2. The molecule has 0 radical (unpaired) electrons. The Balaban J connectivity index is 0.000000206. The highest BCUT2D eigenvalue weighted by atomic mass is 16.7. The number of aliphatic hydroxyl groups excluding tert-OH is 3. The first-order valence-electron chi connectivity index (χ1n) is 15.9. The van der Waals surface area contributed by atoms with Gasteiger partial charge in [-0.2, -0.15) is 0 Å². The molecule has 0 bridgehead atoms. The van der Waals surface area contributed by atoms with Gasteiger partial charge < -0.3 is 55.5 Å². The van der Waals surface area contributed by atoms with Crippen LogP contribution >= 0.6 is 0 Å². The van der Waals surface area contributed by atoms with Gasteiger partial charge in [0.1, 0.15) is 28.4 Å². The molecule has 1 fully saturated rings. The van der Waals surface area contributed by atoms with Crippen molar-refractivity contribution in [3.63, 3.8) is 0 Å². The van der Waals surface area contributed by atoms with Crippen molar-refractivity contribution >= 4 is 40.1 Å². The Morgan fingerprint density at radius 2 is 1.69 bits per heavy atom. The maximum absolute atomic E-state index is 13.7. The van der Waals surface area contributed by atoms with E-state index in [9.17, 15) is 54.6 Å². The van der Waals surface area contributed by atoms with Crippen molar-refractivity contribution in [1.29, 1.82) is 0 Å². The zero-order valence-corrected chi connectivity index (χ0v) is 28.1. The Morgan fingerprint density at radius 1 is 1.06 bits per heavy atom. The third kappa shape index (κ3) is 4.88. The fourth-order valence-corrected chi connectivity index (χ4v) is 7.79. The van der Waals surface area contributed by atoms with Gasteiger partial charge in [-0.3, -0.25) is 24.1 Å². The van der Waals surface area contributed by atoms with Crippen LogP contribution in [0.15, 0.2) is 58.2 Å². The van der Waals surface area contributed by atoms with Crippen LogP contribution in [0.3, 0.4) is 0 Å².